The number of esters is 1. The van der Waals surface area contributed by atoms with E-state index in [2.05, 4.69) is 10.4 Å². The minimum atomic E-state index is -0.697. The summed E-state index contributed by atoms with van der Waals surface area (Å²) >= 11 is 0. The molecule has 35 heavy (non-hydrogen) atoms. The Morgan fingerprint density at radius 1 is 0.857 bits per heavy atom. The van der Waals surface area contributed by atoms with Crippen LogP contribution in [0, 0.1) is 0 Å². The number of carbonyl (C=O) groups excluding carboxylic acids is 3. The summed E-state index contributed by atoms with van der Waals surface area (Å²) in [6.45, 7) is 0.618. The van der Waals surface area contributed by atoms with Gasteiger partial charge in [-0.15, -0.1) is 0 Å². The number of nitrogens with zero attached hydrogens (tertiary/aromatic N) is 2. The van der Waals surface area contributed by atoms with E-state index in [0.29, 0.717) is 22.8 Å². The van der Waals surface area contributed by atoms with Gasteiger partial charge in [-0.1, -0.05) is 48.5 Å². The molecular formula is C27H23N3O5. The largest absolute Gasteiger partial charge is 0.482 e. The number of hydrogen-bond acceptors (Lipinski definition) is 6. The summed E-state index contributed by atoms with van der Waals surface area (Å²) in [5.41, 5.74) is 2.90. The van der Waals surface area contributed by atoms with Crippen LogP contribution < -0.4 is 10.1 Å². The van der Waals surface area contributed by atoms with E-state index in [-0.39, 0.29) is 12.4 Å². The van der Waals surface area contributed by atoms with Gasteiger partial charge in [-0.3, -0.25) is 9.59 Å². The number of anilines is 1. The van der Waals surface area contributed by atoms with Crippen LogP contribution in [0.1, 0.15) is 17.3 Å². The van der Waals surface area contributed by atoms with Crippen LogP contribution in [0.4, 0.5) is 5.82 Å². The standard InChI is InChI=1S/C27H23N3O5/c1-19(31)20-12-14-23(15-13-20)34-18-27(33)35-17-26(32)28-25-16-24(21-8-4-2-5-9-21)29-30(25)22-10-6-3-7-11-22/h2-16H,17-18H2,1H3,(H,28,32). The van der Waals surface area contributed by atoms with Crippen LogP contribution in [0.3, 0.4) is 0 Å². The van der Waals surface area contributed by atoms with Crippen molar-refractivity contribution in [2.24, 2.45) is 0 Å². The van der Waals surface area contributed by atoms with Crippen molar-refractivity contribution in [2.45, 2.75) is 6.92 Å². The number of aromatic nitrogens is 2. The van der Waals surface area contributed by atoms with Gasteiger partial charge in [-0.25, -0.2) is 9.48 Å². The third-order valence-electron chi connectivity index (χ3n) is 5.03. The zero-order chi connectivity index (χ0) is 24.6. The number of nitrogens with one attached hydrogen (secondary N) is 1. The molecule has 1 aromatic heterocycles. The first-order chi connectivity index (χ1) is 17.0. The van der Waals surface area contributed by atoms with Gasteiger partial charge in [0.2, 0.25) is 0 Å². The fourth-order valence-corrected chi connectivity index (χ4v) is 3.28. The molecule has 4 rings (SSSR count). The Kier molecular flexibility index (Phi) is 7.32. The summed E-state index contributed by atoms with van der Waals surface area (Å²) in [6, 6.07) is 27.1. The number of Topliss-reactive ketones (excluding diaryl/α,β-unsaturated/α-hetero) is 1. The summed E-state index contributed by atoms with van der Waals surface area (Å²) in [5.74, 6) is -0.417. The van der Waals surface area contributed by atoms with Crippen molar-refractivity contribution in [3.05, 3.63) is 96.6 Å². The van der Waals surface area contributed by atoms with Gasteiger partial charge in [0.1, 0.15) is 11.6 Å². The number of benzene rings is 3. The molecule has 8 nitrogen and oxygen atoms in total. The Labute approximate surface area is 202 Å². The maximum Gasteiger partial charge on any atom is 0.344 e. The van der Waals surface area contributed by atoms with E-state index in [1.165, 1.54) is 6.92 Å². The lowest BCUT2D eigenvalue weighted by Gasteiger charge is -2.10. The molecule has 0 fully saturated rings. The van der Waals surface area contributed by atoms with E-state index < -0.39 is 18.5 Å². The zero-order valence-electron chi connectivity index (χ0n) is 19.0. The third-order valence-corrected chi connectivity index (χ3v) is 5.03. The molecule has 0 aliphatic heterocycles. The molecule has 0 unspecified atom stereocenters. The van der Waals surface area contributed by atoms with Gasteiger partial charge in [0, 0.05) is 17.2 Å². The maximum absolute atomic E-state index is 12.5. The number of ether oxygens (including phenoxy) is 2. The van der Waals surface area contributed by atoms with E-state index in [0.717, 1.165) is 11.3 Å². The number of ketones is 1. The molecule has 0 atom stereocenters. The third kappa shape index (κ3) is 6.20. The number of carbonyl (C=O) groups is 3. The molecule has 0 aliphatic rings. The second kappa shape index (κ2) is 10.9. The number of rotatable bonds is 9. The number of amides is 1. The lowest BCUT2D eigenvalue weighted by atomic mass is 10.1. The van der Waals surface area contributed by atoms with E-state index in [4.69, 9.17) is 9.47 Å². The van der Waals surface area contributed by atoms with Crippen LogP contribution in [0.5, 0.6) is 5.75 Å². The molecule has 176 valence electrons. The predicted molar refractivity (Wildman–Crippen MR) is 131 cm³/mol. The van der Waals surface area contributed by atoms with Gasteiger partial charge in [-0.2, -0.15) is 5.10 Å². The van der Waals surface area contributed by atoms with E-state index in [1.54, 1.807) is 35.0 Å². The predicted octanol–water partition coefficient (Wildman–Crippen LogP) is 4.30. The Bertz CT molecular complexity index is 1320. The highest BCUT2D eigenvalue weighted by molar-refractivity contribution is 5.94. The van der Waals surface area contributed by atoms with Gasteiger partial charge in [-0.05, 0) is 43.3 Å². The Balaban J connectivity index is 1.37. The first kappa shape index (κ1) is 23.4. The van der Waals surface area contributed by atoms with Crippen molar-refractivity contribution in [3.8, 4) is 22.7 Å². The van der Waals surface area contributed by atoms with Gasteiger partial charge < -0.3 is 14.8 Å². The minimum Gasteiger partial charge on any atom is -0.482 e. The maximum atomic E-state index is 12.5. The topological polar surface area (TPSA) is 99.5 Å². The summed E-state index contributed by atoms with van der Waals surface area (Å²) < 4.78 is 12.0. The molecule has 1 heterocycles. The van der Waals surface area contributed by atoms with Crippen molar-refractivity contribution >= 4 is 23.5 Å². The molecule has 0 aliphatic carbocycles. The molecule has 0 saturated heterocycles. The Morgan fingerprint density at radius 3 is 2.17 bits per heavy atom. The number of para-hydroxylation sites is 1. The lowest BCUT2D eigenvalue weighted by molar-refractivity contribution is -0.149. The van der Waals surface area contributed by atoms with Crippen molar-refractivity contribution in [2.75, 3.05) is 18.5 Å². The summed E-state index contributed by atoms with van der Waals surface area (Å²) in [7, 11) is 0. The van der Waals surface area contributed by atoms with Crippen LogP contribution >= 0.6 is 0 Å². The smallest absolute Gasteiger partial charge is 0.344 e. The van der Waals surface area contributed by atoms with Crippen LogP contribution in [-0.2, 0) is 14.3 Å². The van der Waals surface area contributed by atoms with Gasteiger partial charge in [0.05, 0.1) is 11.4 Å². The summed E-state index contributed by atoms with van der Waals surface area (Å²) in [4.78, 5) is 35.9. The van der Waals surface area contributed by atoms with Crippen LogP contribution in [0.25, 0.3) is 16.9 Å². The van der Waals surface area contributed by atoms with E-state index in [9.17, 15) is 14.4 Å². The Hall–Kier alpha value is -4.72. The highest BCUT2D eigenvalue weighted by atomic mass is 16.6. The van der Waals surface area contributed by atoms with Gasteiger partial charge in [0.15, 0.2) is 19.0 Å². The minimum absolute atomic E-state index is 0.0635. The molecule has 8 heteroatoms. The normalized spacial score (nSPS) is 10.4. The molecule has 0 bridgehead atoms. The fraction of sp³-hybridized carbons (Fsp3) is 0.111. The quantitative estimate of drug-likeness (QED) is 0.290. The van der Waals surface area contributed by atoms with Crippen molar-refractivity contribution in [1.29, 1.82) is 0 Å². The molecule has 3 aromatic carbocycles. The average molecular weight is 469 g/mol. The van der Waals surface area contributed by atoms with Crippen molar-refractivity contribution in [1.82, 2.24) is 9.78 Å². The molecule has 1 N–H and O–H groups in total. The monoisotopic (exact) mass is 469 g/mol. The molecule has 4 aromatic rings. The first-order valence-corrected chi connectivity index (χ1v) is 10.9. The molecule has 0 saturated carbocycles. The molecular weight excluding hydrogens is 446 g/mol. The highest BCUT2D eigenvalue weighted by Gasteiger charge is 2.15. The summed E-state index contributed by atoms with van der Waals surface area (Å²) in [5, 5.41) is 7.39. The molecule has 0 radical (unpaired) electrons. The van der Waals surface area contributed by atoms with Gasteiger partial charge >= 0.3 is 5.97 Å². The second-order valence-electron chi connectivity index (χ2n) is 7.61. The first-order valence-electron chi connectivity index (χ1n) is 10.9. The van der Waals surface area contributed by atoms with Crippen LogP contribution in [-0.4, -0.2) is 40.7 Å². The fourth-order valence-electron chi connectivity index (χ4n) is 3.28. The van der Waals surface area contributed by atoms with Gasteiger partial charge in [0.25, 0.3) is 5.91 Å². The van der Waals surface area contributed by atoms with Crippen molar-refractivity contribution in [3.63, 3.8) is 0 Å². The SMILES string of the molecule is CC(=O)c1ccc(OCC(=O)OCC(=O)Nc2cc(-c3ccccc3)nn2-c2ccccc2)cc1. The zero-order valence-corrected chi connectivity index (χ0v) is 19.0. The Morgan fingerprint density at radius 2 is 1.51 bits per heavy atom. The van der Waals surface area contributed by atoms with E-state index >= 15 is 0 Å². The van der Waals surface area contributed by atoms with Crippen LogP contribution in [0.2, 0.25) is 0 Å². The molecule has 0 spiro atoms. The highest BCUT2D eigenvalue weighted by Crippen LogP contribution is 2.24. The van der Waals surface area contributed by atoms with E-state index in [1.807, 2.05) is 60.7 Å². The second-order valence-corrected chi connectivity index (χ2v) is 7.61. The van der Waals surface area contributed by atoms with Crippen molar-refractivity contribution < 1.29 is 23.9 Å². The summed E-state index contributed by atoms with van der Waals surface area (Å²) in [6.07, 6.45) is 0. The average Bonchev–Trinajstić information content (AvgIpc) is 3.31. The number of hydrogen-bond donors (Lipinski definition) is 1. The lowest BCUT2D eigenvalue weighted by Crippen LogP contribution is -2.24. The molecule has 1 amide bonds. The van der Waals surface area contributed by atoms with Crippen LogP contribution in [0.15, 0.2) is 91.0 Å².